The fraction of sp³-hybridized carbons (Fsp3) is 0.875. The second-order valence-electron chi connectivity index (χ2n) is 4.06. The number of hydrogen-bond donors (Lipinski definition) is 1. The zero-order valence-corrected chi connectivity index (χ0v) is 12.2. The van der Waals surface area contributed by atoms with E-state index in [-0.39, 0.29) is 0 Å². The highest BCUT2D eigenvalue weighted by atomic mass is 32.3. The fourth-order valence-electron chi connectivity index (χ4n) is 0.719. The Labute approximate surface area is 110 Å². The highest BCUT2D eigenvalue weighted by Gasteiger charge is 2.19. The van der Waals surface area contributed by atoms with Crippen LogP contribution in [0.2, 0.25) is 0 Å². The summed E-state index contributed by atoms with van der Waals surface area (Å²) < 4.78 is 33.9. The second-order valence-corrected chi connectivity index (χ2v) is 6.89. The largest absolute Gasteiger partial charge is 0.459 e. The minimum Gasteiger partial charge on any atom is -0.459 e. The molecule has 0 rings (SSSR count). The van der Waals surface area contributed by atoms with Crippen molar-refractivity contribution in [2.45, 2.75) is 26.4 Å². The van der Waals surface area contributed by atoms with Crippen molar-refractivity contribution in [2.24, 2.45) is 0 Å². The summed E-state index contributed by atoms with van der Waals surface area (Å²) in [5, 5.41) is 3.55. The molecule has 0 aliphatic rings. The Kier molecular flexibility index (Phi) is 7.75. The van der Waals surface area contributed by atoms with E-state index in [1.165, 1.54) is 7.11 Å². The van der Waals surface area contributed by atoms with Crippen molar-refractivity contribution >= 4 is 28.0 Å². The Balaban J connectivity index is 3.93. The average Bonchev–Trinajstić information content (AvgIpc) is 2.20. The van der Waals surface area contributed by atoms with Crippen LogP contribution in [0.3, 0.4) is 0 Å². The molecule has 0 aliphatic heterocycles. The predicted molar refractivity (Wildman–Crippen MR) is 64.4 cm³/mol. The zero-order chi connectivity index (χ0) is 14.2. The lowest BCUT2D eigenvalue weighted by molar-refractivity contribution is -0.447. The summed E-state index contributed by atoms with van der Waals surface area (Å²) in [4.78, 5) is 15.3. The summed E-state index contributed by atoms with van der Waals surface area (Å²) in [6, 6.07) is 0. The lowest BCUT2D eigenvalue weighted by Crippen LogP contribution is -2.35. The molecule has 18 heavy (non-hydrogen) atoms. The summed E-state index contributed by atoms with van der Waals surface area (Å²) in [5.41, 5.74) is -0.660. The van der Waals surface area contributed by atoms with E-state index in [0.29, 0.717) is 12.0 Å². The number of hydrogen-bond acceptors (Lipinski definition) is 8. The van der Waals surface area contributed by atoms with Crippen LogP contribution in [-0.2, 0) is 33.8 Å². The van der Waals surface area contributed by atoms with E-state index >= 15 is 0 Å². The van der Waals surface area contributed by atoms with Gasteiger partial charge in [-0.05, 0) is 20.8 Å². The van der Waals surface area contributed by atoms with Gasteiger partial charge in [0.25, 0.3) is 0 Å². The monoisotopic (exact) mass is 303 g/mol. The molecule has 0 radical (unpaired) electrons. The summed E-state index contributed by atoms with van der Waals surface area (Å²) in [6.07, 6.45) is 0. The van der Waals surface area contributed by atoms with E-state index < -0.39 is 33.2 Å². The molecule has 0 amide bonds. The summed E-state index contributed by atoms with van der Waals surface area (Å²) in [5.74, 6) is -0.662. The maximum atomic E-state index is 11.3. The number of sulfonamides is 1. The first-order valence-corrected chi connectivity index (χ1v) is 7.41. The molecular weight excluding hydrogens is 286 g/mol. The molecule has 0 saturated heterocycles. The summed E-state index contributed by atoms with van der Waals surface area (Å²) in [7, 11) is -2.46. The van der Waals surface area contributed by atoms with E-state index in [0.717, 1.165) is 0 Å². The molecule has 0 heterocycles. The topological polar surface area (TPSA) is 100 Å². The quantitative estimate of drug-likeness (QED) is 0.226. The Bertz CT molecular complexity index is 349. The van der Waals surface area contributed by atoms with Crippen molar-refractivity contribution in [3.05, 3.63) is 0 Å². The molecule has 0 aliphatic carbocycles. The summed E-state index contributed by atoms with van der Waals surface area (Å²) in [6.45, 7) is 4.62. The van der Waals surface area contributed by atoms with Gasteiger partial charge in [0.1, 0.15) is 17.2 Å². The highest BCUT2D eigenvalue weighted by molar-refractivity contribution is 8.09. The first-order chi connectivity index (χ1) is 8.16. The molecule has 0 unspecified atom stereocenters. The minimum atomic E-state index is -3.66. The van der Waals surface area contributed by atoms with E-state index in [1.54, 1.807) is 20.8 Å². The van der Waals surface area contributed by atoms with Gasteiger partial charge in [0, 0.05) is 0 Å². The third-order valence-electron chi connectivity index (χ3n) is 1.20. The van der Waals surface area contributed by atoms with E-state index in [9.17, 15) is 13.2 Å². The van der Waals surface area contributed by atoms with Crippen LogP contribution in [0.4, 0.5) is 0 Å². The van der Waals surface area contributed by atoms with Crippen molar-refractivity contribution in [3.63, 3.8) is 0 Å². The van der Waals surface area contributed by atoms with Gasteiger partial charge < -0.3 is 4.74 Å². The van der Waals surface area contributed by atoms with Gasteiger partial charge in [-0.15, -0.1) is 4.33 Å². The fourth-order valence-corrected chi connectivity index (χ4v) is 2.15. The predicted octanol–water partition coefficient (Wildman–Crippen LogP) is 0.363. The third kappa shape index (κ3) is 10.7. The summed E-state index contributed by atoms with van der Waals surface area (Å²) >= 11 is 0.500. The van der Waals surface area contributed by atoms with Crippen molar-refractivity contribution in [1.82, 2.24) is 4.72 Å². The van der Waals surface area contributed by atoms with E-state index in [1.807, 2.05) is 0 Å². The number of nitrogens with one attached hydrogen (secondary N) is 1. The van der Waals surface area contributed by atoms with Crippen molar-refractivity contribution < 1.29 is 32.2 Å². The van der Waals surface area contributed by atoms with Gasteiger partial charge >= 0.3 is 5.97 Å². The molecule has 108 valence electrons. The maximum absolute atomic E-state index is 11.3. The van der Waals surface area contributed by atoms with Crippen LogP contribution < -0.4 is 4.72 Å². The van der Waals surface area contributed by atoms with Crippen LogP contribution in [0.1, 0.15) is 20.8 Å². The molecule has 0 aromatic carbocycles. The van der Waals surface area contributed by atoms with Gasteiger partial charge in [-0.2, -0.15) is 0 Å². The van der Waals surface area contributed by atoms with Crippen LogP contribution in [0.25, 0.3) is 0 Å². The number of ether oxygens (including phenoxy) is 1. The van der Waals surface area contributed by atoms with Crippen LogP contribution in [0.5, 0.6) is 0 Å². The van der Waals surface area contributed by atoms with Gasteiger partial charge in [-0.1, -0.05) is 5.04 Å². The number of carbonyl (C=O) groups excluding carboxylic acids is 1. The molecule has 8 nitrogen and oxygen atoms in total. The average molecular weight is 303 g/mol. The molecule has 10 heteroatoms. The number of esters is 1. The molecule has 0 spiro atoms. The van der Waals surface area contributed by atoms with Crippen LogP contribution in [0.15, 0.2) is 0 Å². The normalized spacial score (nSPS) is 12.4. The SMILES string of the molecule is COOOSCS(=O)(=O)NCC(=O)OC(C)(C)C. The molecular formula is C8H17NO7S2. The van der Waals surface area contributed by atoms with Crippen LogP contribution in [-0.4, -0.2) is 38.7 Å². The maximum Gasteiger partial charge on any atom is 0.321 e. The second kappa shape index (κ2) is 7.92. The zero-order valence-electron chi connectivity index (χ0n) is 10.6. The molecule has 0 aromatic rings. The lowest BCUT2D eigenvalue weighted by atomic mass is 10.2. The van der Waals surface area contributed by atoms with Gasteiger partial charge in [-0.25, -0.2) is 18.0 Å². The molecule has 0 aromatic heterocycles. The van der Waals surface area contributed by atoms with Crippen molar-refractivity contribution in [3.8, 4) is 0 Å². The molecule has 0 saturated carbocycles. The first kappa shape index (κ1) is 17.6. The van der Waals surface area contributed by atoms with Gasteiger partial charge in [0.15, 0.2) is 0 Å². The lowest BCUT2D eigenvalue weighted by Gasteiger charge is -2.19. The molecule has 0 bridgehead atoms. The third-order valence-corrected chi connectivity index (χ3v) is 3.57. The van der Waals surface area contributed by atoms with Gasteiger partial charge in [0.2, 0.25) is 10.0 Å². The highest BCUT2D eigenvalue weighted by Crippen LogP contribution is 2.08. The Morgan fingerprint density at radius 3 is 2.44 bits per heavy atom. The number of rotatable bonds is 8. The van der Waals surface area contributed by atoms with Crippen molar-refractivity contribution in [2.75, 3.05) is 18.7 Å². The van der Waals surface area contributed by atoms with Gasteiger partial charge in [-0.3, -0.25) is 4.79 Å². The molecule has 0 atom stereocenters. The smallest absolute Gasteiger partial charge is 0.321 e. The van der Waals surface area contributed by atoms with Crippen molar-refractivity contribution in [1.29, 1.82) is 0 Å². The molecule has 1 N–H and O–H groups in total. The Morgan fingerprint density at radius 1 is 1.33 bits per heavy atom. The van der Waals surface area contributed by atoms with E-state index in [2.05, 4.69) is 19.0 Å². The van der Waals surface area contributed by atoms with Gasteiger partial charge in [0.05, 0.1) is 19.2 Å². The molecule has 0 fully saturated rings. The minimum absolute atomic E-state index is 0.439. The Hall–Kier alpha value is -0.390. The standard InChI is InChI=1S/C8H17NO7S2/c1-8(2,3)14-7(10)5-9-18(11,12)6-17-16-15-13-4/h9H,5-6H2,1-4H3. The first-order valence-electron chi connectivity index (χ1n) is 4.84. The van der Waals surface area contributed by atoms with Crippen LogP contribution >= 0.6 is 12.0 Å². The Morgan fingerprint density at radius 2 is 1.94 bits per heavy atom. The van der Waals surface area contributed by atoms with E-state index in [4.69, 9.17) is 4.74 Å². The van der Waals surface area contributed by atoms with Crippen LogP contribution in [0, 0.1) is 0 Å². The number of carbonyl (C=O) groups is 1.